The number of benzene rings is 1. The van der Waals surface area contributed by atoms with Gasteiger partial charge in [0.2, 0.25) is 5.75 Å². The molecule has 0 bridgehead atoms. The molecule has 0 amide bonds. The van der Waals surface area contributed by atoms with Crippen LogP contribution in [-0.2, 0) is 30.2 Å². The zero-order valence-corrected chi connectivity index (χ0v) is 19.5. The van der Waals surface area contributed by atoms with Crippen LogP contribution in [0.2, 0.25) is 0 Å². The highest BCUT2D eigenvalue weighted by Gasteiger charge is 2.30. The summed E-state index contributed by atoms with van der Waals surface area (Å²) < 4.78 is 37.2. The molecule has 0 aromatic heterocycles. The average molecular weight is 459 g/mol. The van der Waals surface area contributed by atoms with Crippen molar-refractivity contribution in [2.75, 3.05) is 55.6 Å². The van der Waals surface area contributed by atoms with E-state index in [2.05, 4.69) is 0 Å². The lowest BCUT2D eigenvalue weighted by molar-refractivity contribution is -0.385. The fourth-order valence-electron chi connectivity index (χ4n) is 3.34. The van der Waals surface area contributed by atoms with E-state index in [0.717, 1.165) is 0 Å². The molecule has 0 aliphatic carbocycles. The summed E-state index contributed by atoms with van der Waals surface area (Å²) in [6.07, 6.45) is 0.0488. The molecular formula is C21H33NO10. The molecule has 0 fully saturated rings. The summed E-state index contributed by atoms with van der Waals surface area (Å²) in [7, 11) is 7.26. The van der Waals surface area contributed by atoms with Gasteiger partial charge in [0.1, 0.15) is 12.9 Å². The lowest BCUT2D eigenvalue weighted by atomic mass is 9.92. The molecule has 182 valence electrons. The molecule has 0 saturated carbocycles. The smallest absolute Gasteiger partial charge is 0.315 e. The third-order valence-electron chi connectivity index (χ3n) is 4.86. The van der Waals surface area contributed by atoms with E-state index in [1.165, 1.54) is 34.5 Å². The summed E-state index contributed by atoms with van der Waals surface area (Å²) >= 11 is 0. The first-order chi connectivity index (χ1) is 15.4. The summed E-state index contributed by atoms with van der Waals surface area (Å²) in [5.74, 6) is 0.594. The summed E-state index contributed by atoms with van der Waals surface area (Å²) in [5.41, 5.74) is 0.271. The van der Waals surface area contributed by atoms with Gasteiger partial charge in [0.15, 0.2) is 17.8 Å². The van der Waals surface area contributed by atoms with E-state index in [0.29, 0.717) is 43.7 Å². The van der Waals surface area contributed by atoms with E-state index >= 15 is 0 Å². The molecule has 0 aliphatic rings. The van der Waals surface area contributed by atoms with Crippen molar-refractivity contribution in [3.8, 4) is 17.2 Å². The van der Waals surface area contributed by atoms with Gasteiger partial charge in [0.05, 0.1) is 51.6 Å². The van der Waals surface area contributed by atoms with Gasteiger partial charge < -0.3 is 38.0 Å². The molecule has 32 heavy (non-hydrogen) atoms. The van der Waals surface area contributed by atoms with Crippen LogP contribution in [0.3, 0.4) is 0 Å². The number of nitro groups is 1. The van der Waals surface area contributed by atoms with Crippen molar-refractivity contribution in [3.05, 3.63) is 21.7 Å². The van der Waals surface area contributed by atoms with Gasteiger partial charge in [0, 0.05) is 19.8 Å². The zero-order valence-electron chi connectivity index (χ0n) is 19.5. The SMILES string of the molecule is COCCOCO[C@H](C=O)[C@H](C[C@H](C)Cc1c(OC)c(OC)cc([N+](=O)[O-])c1OC)OC. The highest BCUT2D eigenvalue weighted by molar-refractivity contribution is 5.64. The summed E-state index contributed by atoms with van der Waals surface area (Å²) in [5, 5.41) is 11.5. The van der Waals surface area contributed by atoms with E-state index in [-0.39, 0.29) is 29.9 Å². The minimum Gasteiger partial charge on any atom is -0.493 e. The number of aldehydes is 1. The molecule has 0 saturated heterocycles. The summed E-state index contributed by atoms with van der Waals surface area (Å²) in [4.78, 5) is 22.6. The van der Waals surface area contributed by atoms with Gasteiger partial charge in [-0.2, -0.15) is 0 Å². The molecule has 1 aromatic rings. The second-order valence-corrected chi connectivity index (χ2v) is 7.01. The van der Waals surface area contributed by atoms with Crippen LogP contribution in [0.15, 0.2) is 6.07 Å². The molecule has 0 aliphatic heterocycles. The largest absolute Gasteiger partial charge is 0.493 e. The number of rotatable bonds is 17. The van der Waals surface area contributed by atoms with Crippen LogP contribution in [-0.4, -0.2) is 79.0 Å². The Morgan fingerprint density at radius 2 is 1.75 bits per heavy atom. The Morgan fingerprint density at radius 1 is 1.06 bits per heavy atom. The normalized spacial score (nSPS) is 13.8. The number of methoxy groups -OCH3 is 5. The van der Waals surface area contributed by atoms with Crippen molar-refractivity contribution >= 4 is 12.0 Å². The number of nitrogens with zero attached hydrogens (tertiary/aromatic N) is 1. The molecule has 0 radical (unpaired) electrons. The van der Waals surface area contributed by atoms with Gasteiger partial charge in [-0.3, -0.25) is 10.1 Å². The highest BCUT2D eigenvalue weighted by Crippen LogP contribution is 2.45. The maximum atomic E-state index is 11.6. The number of ether oxygens (including phenoxy) is 7. The van der Waals surface area contributed by atoms with Crippen molar-refractivity contribution < 1.29 is 42.9 Å². The fourth-order valence-corrected chi connectivity index (χ4v) is 3.34. The van der Waals surface area contributed by atoms with Crippen LogP contribution in [0.4, 0.5) is 5.69 Å². The fraction of sp³-hybridized carbons (Fsp3) is 0.667. The lowest BCUT2D eigenvalue weighted by Gasteiger charge is -2.25. The van der Waals surface area contributed by atoms with Crippen LogP contribution in [0.1, 0.15) is 18.9 Å². The van der Waals surface area contributed by atoms with Gasteiger partial charge in [-0.05, 0) is 18.8 Å². The topological polar surface area (TPSA) is 125 Å². The molecular weight excluding hydrogens is 426 g/mol. The molecule has 1 rings (SSSR count). The summed E-state index contributed by atoms with van der Waals surface area (Å²) in [6, 6.07) is 1.27. The first-order valence-corrected chi connectivity index (χ1v) is 10.0. The molecule has 11 nitrogen and oxygen atoms in total. The van der Waals surface area contributed by atoms with Gasteiger partial charge in [-0.25, -0.2) is 0 Å². The van der Waals surface area contributed by atoms with Crippen molar-refractivity contribution in [2.24, 2.45) is 5.92 Å². The van der Waals surface area contributed by atoms with Crippen molar-refractivity contribution in [2.45, 2.75) is 32.0 Å². The highest BCUT2D eigenvalue weighted by atomic mass is 16.7. The van der Waals surface area contributed by atoms with Crippen molar-refractivity contribution in [1.82, 2.24) is 0 Å². The first kappa shape index (κ1) is 27.6. The minimum absolute atomic E-state index is 0.0786. The number of carbonyl (C=O) groups excluding carboxylic acids is 1. The maximum absolute atomic E-state index is 11.6. The Balaban J connectivity index is 3.03. The Bertz CT molecular complexity index is 727. The predicted molar refractivity (Wildman–Crippen MR) is 115 cm³/mol. The van der Waals surface area contributed by atoms with Crippen molar-refractivity contribution in [1.29, 1.82) is 0 Å². The standard InChI is InChI=1S/C21H33NO10/c1-14(10-17(27-3)19(12-23)32-13-31-8-7-26-2)9-15-20(29-5)16(22(24)25)11-18(28-4)21(15)30-6/h11-12,14,17,19H,7-10,13H2,1-6H3/t14-,17+,19-/m1/s1. The molecule has 0 unspecified atom stereocenters. The second-order valence-electron chi connectivity index (χ2n) is 7.01. The molecule has 3 atom stereocenters. The lowest BCUT2D eigenvalue weighted by Crippen LogP contribution is -2.34. The van der Waals surface area contributed by atoms with E-state index in [1.807, 2.05) is 6.92 Å². The monoisotopic (exact) mass is 459 g/mol. The Hall–Kier alpha value is -2.47. The third kappa shape index (κ3) is 7.59. The van der Waals surface area contributed by atoms with Crippen LogP contribution >= 0.6 is 0 Å². The quantitative estimate of drug-likeness (QED) is 0.113. The number of carbonyl (C=O) groups is 1. The van der Waals surface area contributed by atoms with Crippen LogP contribution < -0.4 is 14.2 Å². The number of hydrogen-bond donors (Lipinski definition) is 0. The predicted octanol–water partition coefficient (Wildman–Crippen LogP) is 2.41. The van der Waals surface area contributed by atoms with Crippen LogP contribution in [0.25, 0.3) is 0 Å². The minimum atomic E-state index is -0.839. The number of hydrogen-bond acceptors (Lipinski definition) is 10. The van der Waals surface area contributed by atoms with Gasteiger partial charge in [0.25, 0.3) is 0 Å². The van der Waals surface area contributed by atoms with E-state index in [4.69, 9.17) is 33.2 Å². The average Bonchev–Trinajstić information content (AvgIpc) is 2.79. The molecule has 0 spiro atoms. The molecule has 0 N–H and O–H groups in total. The Labute approximate surface area is 188 Å². The summed E-state index contributed by atoms with van der Waals surface area (Å²) in [6.45, 7) is 2.60. The van der Waals surface area contributed by atoms with Gasteiger partial charge in [-0.1, -0.05) is 6.92 Å². The van der Waals surface area contributed by atoms with Gasteiger partial charge >= 0.3 is 5.69 Å². The maximum Gasteiger partial charge on any atom is 0.315 e. The van der Waals surface area contributed by atoms with E-state index < -0.39 is 17.1 Å². The Kier molecular flexibility index (Phi) is 12.5. The van der Waals surface area contributed by atoms with E-state index in [1.54, 1.807) is 7.11 Å². The third-order valence-corrected chi connectivity index (χ3v) is 4.86. The van der Waals surface area contributed by atoms with Gasteiger partial charge in [-0.15, -0.1) is 0 Å². The van der Waals surface area contributed by atoms with Crippen LogP contribution in [0.5, 0.6) is 17.2 Å². The zero-order chi connectivity index (χ0) is 24.1. The Morgan fingerprint density at radius 3 is 2.25 bits per heavy atom. The van der Waals surface area contributed by atoms with Crippen LogP contribution in [0, 0.1) is 16.0 Å². The van der Waals surface area contributed by atoms with E-state index in [9.17, 15) is 14.9 Å². The second kappa shape index (κ2) is 14.6. The molecule has 11 heteroatoms. The molecule has 1 aromatic carbocycles. The molecule has 0 heterocycles. The first-order valence-electron chi connectivity index (χ1n) is 10.0. The number of nitro benzene ring substituents is 1. The van der Waals surface area contributed by atoms with Crippen molar-refractivity contribution in [3.63, 3.8) is 0 Å².